The zero-order valence-electron chi connectivity index (χ0n) is 6.61. The molecule has 0 bridgehead atoms. The van der Waals surface area contributed by atoms with Crippen LogP contribution in [0.15, 0.2) is 11.3 Å². The van der Waals surface area contributed by atoms with Crippen LogP contribution in [0.5, 0.6) is 0 Å². The van der Waals surface area contributed by atoms with E-state index in [0.29, 0.717) is 0 Å². The Labute approximate surface area is 62.5 Å². The number of nitrogens with one attached hydrogen (secondary N) is 1. The van der Waals surface area contributed by atoms with E-state index in [4.69, 9.17) is 0 Å². The summed E-state index contributed by atoms with van der Waals surface area (Å²) in [7, 11) is 0. The van der Waals surface area contributed by atoms with Crippen LogP contribution in [0, 0.1) is 5.92 Å². The van der Waals surface area contributed by atoms with Crippen LogP contribution < -0.4 is 5.32 Å². The highest BCUT2D eigenvalue weighted by atomic mass is 14.9. The molecule has 2 aliphatic rings. The van der Waals surface area contributed by atoms with E-state index in [0.717, 1.165) is 5.92 Å². The van der Waals surface area contributed by atoms with E-state index in [1.165, 1.54) is 32.2 Å². The smallest absolute Gasteiger partial charge is 0.0182 e. The fourth-order valence-electron chi connectivity index (χ4n) is 2.16. The van der Waals surface area contributed by atoms with E-state index in [2.05, 4.69) is 12.2 Å². The third-order valence-electron chi connectivity index (χ3n) is 2.78. The van der Waals surface area contributed by atoms with Crippen LogP contribution in [0.1, 0.15) is 32.6 Å². The SMILES string of the molecule is C[C@H]1CCCC2=C1CCN2. The highest BCUT2D eigenvalue weighted by Gasteiger charge is 2.22. The molecule has 1 N–H and O–H groups in total. The standard InChI is InChI=1S/C9H15N/c1-7-3-2-4-9-8(7)5-6-10-9/h7,10H,2-6H2,1H3/t7-/m0/s1. The van der Waals surface area contributed by atoms with Crippen LogP contribution in [0.3, 0.4) is 0 Å². The Bertz CT molecular complexity index is 170. The van der Waals surface area contributed by atoms with E-state index in [-0.39, 0.29) is 0 Å². The predicted molar refractivity (Wildman–Crippen MR) is 42.7 cm³/mol. The fraction of sp³-hybridized carbons (Fsp3) is 0.778. The van der Waals surface area contributed by atoms with Gasteiger partial charge in [-0.3, -0.25) is 0 Å². The van der Waals surface area contributed by atoms with Crippen molar-refractivity contribution in [1.29, 1.82) is 0 Å². The van der Waals surface area contributed by atoms with Crippen molar-refractivity contribution in [3.63, 3.8) is 0 Å². The summed E-state index contributed by atoms with van der Waals surface area (Å²) in [6, 6.07) is 0. The van der Waals surface area contributed by atoms with Gasteiger partial charge in [-0.25, -0.2) is 0 Å². The molecule has 0 spiro atoms. The molecular weight excluding hydrogens is 122 g/mol. The van der Waals surface area contributed by atoms with Gasteiger partial charge in [-0.15, -0.1) is 0 Å². The first-order valence-electron chi connectivity index (χ1n) is 4.33. The summed E-state index contributed by atoms with van der Waals surface area (Å²) in [6.07, 6.45) is 5.45. The van der Waals surface area contributed by atoms with Gasteiger partial charge in [0.15, 0.2) is 0 Å². The van der Waals surface area contributed by atoms with Gasteiger partial charge in [-0.05, 0) is 37.2 Å². The lowest BCUT2D eigenvalue weighted by atomic mass is 9.87. The molecule has 1 heterocycles. The van der Waals surface area contributed by atoms with Crippen LogP contribution in [-0.4, -0.2) is 6.54 Å². The molecule has 1 aliphatic carbocycles. The van der Waals surface area contributed by atoms with E-state index >= 15 is 0 Å². The van der Waals surface area contributed by atoms with Crippen molar-refractivity contribution < 1.29 is 0 Å². The van der Waals surface area contributed by atoms with Crippen molar-refractivity contribution in [2.75, 3.05) is 6.54 Å². The van der Waals surface area contributed by atoms with Gasteiger partial charge in [0.25, 0.3) is 0 Å². The molecule has 0 unspecified atom stereocenters. The summed E-state index contributed by atoms with van der Waals surface area (Å²) >= 11 is 0. The monoisotopic (exact) mass is 137 g/mol. The maximum atomic E-state index is 3.47. The van der Waals surface area contributed by atoms with Gasteiger partial charge >= 0.3 is 0 Å². The Morgan fingerprint density at radius 1 is 1.40 bits per heavy atom. The van der Waals surface area contributed by atoms with Crippen LogP contribution in [-0.2, 0) is 0 Å². The molecule has 1 atom stereocenters. The zero-order chi connectivity index (χ0) is 6.97. The largest absolute Gasteiger partial charge is 0.388 e. The molecule has 0 fully saturated rings. The lowest BCUT2D eigenvalue weighted by molar-refractivity contribution is 0.531. The van der Waals surface area contributed by atoms with E-state index < -0.39 is 0 Å². The average Bonchev–Trinajstić information content (AvgIpc) is 2.36. The minimum absolute atomic E-state index is 0.874. The molecule has 0 amide bonds. The third-order valence-corrected chi connectivity index (χ3v) is 2.78. The van der Waals surface area contributed by atoms with Crippen LogP contribution in [0.4, 0.5) is 0 Å². The fourth-order valence-corrected chi connectivity index (χ4v) is 2.16. The Morgan fingerprint density at radius 2 is 2.30 bits per heavy atom. The number of rotatable bonds is 0. The van der Waals surface area contributed by atoms with Crippen molar-refractivity contribution in [3.05, 3.63) is 11.3 Å². The Balaban J connectivity index is 2.22. The Morgan fingerprint density at radius 3 is 3.10 bits per heavy atom. The summed E-state index contributed by atoms with van der Waals surface area (Å²) in [5.74, 6) is 0.874. The quantitative estimate of drug-likeness (QED) is 0.539. The normalized spacial score (nSPS) is 31.9. The van der Waals surface area contributed by atoms with Crippen molar-refractivity contribution in [2.24, 2.45) is 5.92 Å². The summed E-state index contributed by atoms with van der Waals surface area (Å²) in [5.41, 5.74) is 3.31. The second-order valence-corrected chi connectivity index (χ2v) is 3.47. The number of hydrogen-bond donors (Lipinski definition) is 1. The lowest BCUT2D eigenvalue weighted by Gasteiger charge is -2.20. The molecule has 2 rings (SSSR count). The predicted octanol–water partition coefficient (Wildman–Crippen LogP) is 2.05. The van der Waals surface area contributed by atoms with E-state index in [1.807, 2.05) is 0 Å². The summed E-state index contributed by atoms with van der Waals surface area (Å²) < 4.78 is 0. The lowest BCUT2D eigenvalue weighted by Crippen LogP contribution is -2.11. The highest BCUT2D eigenvalue weighted by Crippen LogP contribution is 2.33. The van der Waals surface area contributed by atoms with Gasteiger partial charge < -0.3 is 5.32 Å². The molecule has 0 saturated carbocycles. The summed E-state index contributed by atoms with van der Waals surface area (Å²) in [4.78, 5) is 0. The second-order valence-electron chi connectivity index (χ2n) is 3.47. The summed E-state index contributed by atoms with van der Waals surface area (Å²) in [5, 5.41) is 3.47. The van der Waals surface area contributed by atoms with Gasteiger partial charge in [0.1, 0.15) is 0 Å². The molecule has 1 heteroatoms. The molecule has 0 aromatic heterocycles. The van der Waals surface area contributed by atoms with Crippen LogP contribution >= 0.6 is 0 Å². The molecular formula is C9H15N. The minimum Gasteiger partial charge on any atom is -0.388 e. The van der Waals surface area contributed by atoms with Crippen molar-refractivity contribution in [1.82, 2.24) is 5.32 Å². The van der Waals surface area contributed by atoms with Gasteiger partial charge in [0.2, 0.25) is 0 Å². The molecule has 0 saturated heterocycles. The van der Waals surface area contributed by atoms with Gasteiger partial charge in [0.05, 0.1) is 0 Å². The Kier molecular flexibility index (Phi) is 1.44. The van der Waals surface area contributed by atoms with Crippen molar-refractivity contribution >= 4 is 0 Å². The van der Waals surface area contributed by atoms with Gasteiger partial charge in [-0.2, -0.15) is 0 Å². The average molecular weight is 137 g/mol. The number of hydrogen-bond acceptors (Lipinski definition) is 1. The second kappa shape index (κ2) is 2.30. The van der Waals surface area contributed by atoms with Crippen LogP contribution in [0.2, 0.25) is 0 Å². The number of allylic oxidation sites excluding steroid dienone is 1. The van der Waals surface area contributed by atoms with Crippen LogP contribution in [0.25, 0.3) is 0 Å². The minimum atomic E-state index is 0.874. The summed E-state index contributed by atoms with van der Waals surface area (Å²) in [6.45, 7) is 3.57. The zero-order valence-corrected chi connectivity index (χ0v) is 6.61. The Hall–Kier alpha value is -0.460. The topological polar surface area (TPSA) is 12.0 Å². The van der Waals surface area contributed by atoms with E-state index in [9.17, 15) is 0 Å². The molecule has 1 nitrogen and oxygen atoms in total. The van der Waals surface area contributed by atoms with Gasteiger partial charge in [0, 0.05) is 12.2 Å². The molecule has 56 valence electrons. The van der Waals surface area contributed by atoms with Gasteiger partial charge in [-0.1, -0.05) is 6.92 Å². The molecule has 0 aromatic carbocycles. The molecule has 0 aromatic rings. The maximum absolute atomic E-state index is 3.47. The molecule has 0 radical (unpaired) electrons. The van der Waals surface area contributed by atoms with Crippen molar-refractivity contribution in [3.8, 4) is 0 Å². The maximum Gasteiger partial charge on any atom is 0.0182 e. The first-order chi connectivity index (χ1) is 4.88. The third kappa shape index (κ3) is 0.845. The first kappa shape index (κ1) is 6.26. The highest BCUT2D eigenvalue weighted by molar-refractivity contribution is 5.22. The van der Waals surface area contributed by atoms with Crippen molar-refractivity contribution in [2.45, 2.75) is 32.6 Å². The first-order valence-corrected chi connectivity index (χ1v) is 4.33. The van der Waals surface area contributed by atoms with E-state index in [1.54, 1.807) is 11.3 Å². The molecule has 10 heavy (non-hydrogen) atoms. The molecule has 1 aliphatic heterocycles.